The zero-order chi connectivity index (χ0) is 28.2. The lowest BCUT2D eigenvalue weighted by molar-refractivity contribution is -0.138. The third-order valence-electron chi connectivity index (χ3n) is 7.81. The van der Waals surface area contributed by atoms with Gasteiger partial charge < -0.3 is 10.2 Å². The van der Waals surface area contributed by atoms with Gasteiger partial charge in [0.2, 0.25) is 21.8 Å². The Morgan fingerprint density at radius 3 is 2.85 bits per heavy atom. The van der Waals surface area contributed by atoms with Crippen molar-refractivity contribution in [1.82, 2.24) is 29.4 Å². The fraction of sp³-hybridized carbons (Fsp3) is 0.385. The third kappa shape index (κ3) is 4.84. The smallest absolute Gasteiger partial charge is 0.248 e. The number of hydrogen-bond donors (Lipinski definition) is 2. The molecule has 3 aromatic heterocycles. The van der Waals surface area contributed by atoms with E-state index in [4.69, 9.17) is 0 Å². The van der Waals surface area contributed by atoms with Crippen molar-refractivity contribution in [1.29, 1.82) is 0 Å². The highest BCUT2D eigenvalue weighted by Gasteiger charge is 2.67. The highest BCUT2D eigenvalue weighted by atomic mass is 79.9. The van der Waals surface area contributed by atoms with E-state index in [1.165, 1.54) is 11.6 Å². The van der Waals surface area contributed by atoms with Crippen LogP contribution in [0.5, 0.6) is 0 Å². The number of fused-ring (bicyclic) bond motifs is 3. The van der Waals surface area contributed by atoms with Crippen molar-refractivity contribution in [3.63, 3.8) is 0 Å². The van der Waals surface area contributed by atoms with E-state index in [2.05, 4.69) is 41.0 Å². The normalized spacial score (nSPS) is 25.6. The molecule has 1 saturated heterocycles. The number of aromatic nitrogens is 4. The topological polar surface area (TPSA) is 156 Å². The lowest BCUT2D eigenvalue weighted by Gasteiger charge is -2.27. The van der Waals surface area contributed by atoms with Crippen molar-refractivity contribution in [2.75, 3.05) is 17.6 Å². The van der Waals surface area contributed by atoms with Gasteiger partial charge in [-0.1, -0.05) is 12.2 Å². The highest BCUT2D eigenvalue weighted by molar-refractivity contribution is 9.10. The number of allylic oxidation sites excluding steroid dienone is 1. The fourth-order valence-corrected chi connectivity index (χ4v) is 7.13. The number of halogens is 1. The van der Waals surface area contributed by atoms with E-state index >= 15 is 0 Å². The summed E-state index contributed by atoms with van der Waals surface area (Å²) in [5.41, 5.74) is 0.838. The molecule has 2 bridgehead atoms. The number of anilines is 1. The first kappa shape index (κ1) is 26.7. The molecule has 40 heavy (non-hydrogen) atoms. The molecular formula is C26H26BrN7O5S. The van der Waals surface area contributed by atoms with E-state index in [0.29, 0.717) is 39.7 Å². The van der Waals surface area contributed by atoms with Crippen LogP contribution in [0.3, 0.4) is 0 Å². The molecule has 3 aromatic rings. The van der Waals surface area contributed by atoms with Gasteiger partial charge in [-0.15, -0.1) is 0 Å². The standard InChI is InChI=1S/C26H26BrN7O5S/c1-15(35)23-17-7-8-28-12-19(17)33(32-23)13-22(36)34-18-10-26(11-20(26)34)14-29-40(38,39)9-3-2-4-16-5-6-21(27)30-24(16)31-25(18)37/h2,4-8,12,18,20,29H,3,9-11,13-14H2,1H3,(H,30,31,37)/t18-,20+,26-/m0/s1. The summed E-state index contributed by atoms with van der Waals surface area (Å²) in [6.07, 6.45) is 7.71. The Morgan fingerprint density at radius 2 is 2.05 bits per heavy atom. The average molecular weight is 629 g/mol. The molecule has 3 aliphatic rings. The number of likely N-dealkylation sites (tertiary alicyclic amines) is 1. The predicted molar refractivity (Wildman–Crippen MR) is 150 cm³/mol. The molecule has 14 heteroatoms. The molecule has 2 amide bonds. The number of Topliss-reactive ketones (excluding diaryl/α,β-unsaturated/α-hetero) is 1. The lowest BCUT2D eigenvalue weighted by Crippen LogP contribution is -2.47. The van der Waals surface area contributed by atoms with Crippen LogP contribution in [0, 0.1) is 5.41 Å². The van der Waals surface area contributed by atoms with E-state index in [-0.39, 0.29) is 48.7 Å². The molecule has 0 unspecified atom stereocenters. The first-order valence-electron chi connectivity index (χ1n) is 12.8. The summed E-state index contributed by atoms with van der Waals surface area (Å²) in [6, 6.07) is 4.01. The van der Waals surface area contributed by atoms with E-state index in [0.717, 1.165) is 0 Å². The lowest BCUT2D eigenvalue weighted by atomic mass is 9.99. The molecule has 208 valence electrons. The first-order valence-corrected chi connectivity index (χ1v) is 15.3. The highest BCUT2D eigenvalue weighted by Crippen LogP contribution is 2.59. The van der Waals surface area contributed by atoms with Crippen LogP contribution in [0.1, 0.15) is 42.2 Å². The molecule has 3 atom stereocenters. The van der Waals surface area contributed by atoms with E-state index < -0.39 is 27.4 Å². The number of hydrogen-bond acceptors (Lipinski definition) is 8. The Morgan fingerprint density at radius 1 is 1.23 bits per heavy atom. The second kappa shape index (κ2) is 9.85. The summed E-state index contributed by atoms with van der Waals surface area (Å²) in [4.78, 5) is 49.8. The minimum Gasteiger partial charge on any atom is -0.325 e. The molecule has 1 spiro atoms. The molecule has 0 aromatic carbocycles. The molecule has 6 rings (SSSR count). The van der Waals surface area contributed by atoms with Crippen LogP contribution < -0.4 is 10.0 Å². The first-order chi connectivity index (χ1) is 19.1. The minimum atomic E-state index is -3.56. The largest absolute Gasteiger partial charge is 0.325 e. The Bertz CT molecular complexity index is 1700. The van der Waals surface area contributed by atoms with Crippen molar-refractivity contribution in [2.24, 2.45) is 5.41 Å². The summed E-state index contributed by atoms with van der Waals surface area (Å²) >= 11 is 3.34. The van der Waals surface area contributed by atoms with Gasteiger partial charge >= 0.3 is 0 Å². The van der Waals surface area contributed by atoms with Crippen LogP contribution >= 0.6 is 15.9 Å². The van der Waals surface area contributed by atoms with E-state index in [1.807, 2.05) is 0 Å². The molecule has 2 aliphatic heterocycles. The van der Waals surface area contributed by atoms with E-state index in [1.54, 1.807) is 47.6 Å². The van der Waals surface area contributed by atoms with Crippen LogP contribution in [-0.4, -0.2) is 75.0 Å². The number of piperidine rings is 1. The summed E-state index contributed by atoms with van der Waals surface area (Å²) < 4.78 is 30.1. The maximum Gasteiger partial charge on any atom is 0.248 e. The van der Waals surface area contributed by atoms with Crippen LogP contribution in [-0.2, 0) is 26.2 Å². The van der Waals surface area contributed by atoms with Crippen LogP contribution in [0.25, 0.3) is 17.0 Å². The van der Waals surface area contributed by atoms with Gasteiger partial charge in [-0.2, -0.15) is 5.10 Å². The van der Waals surface area contributed by atoms with E-state index in [9.17, 15) is 22.8 Å². The molecule has 2 N–H and O–H groups in total. The van der Waals surface area contributed by atoms with Crippen LogP contribution in [0.15, 0.2) is 41.3 Å². The maximum atomic E-state index is 13.8. The van der Waals surface area contributed by atoms with Gasteiger partial charge in [0.25, 0.3) is 0 Å². The zero-order valence-electron chi connectivity index (χ0n) is 21.5. The summed E-state index contributed by atoms with van der Waals surface area (Å²) in [7, 11) is -3.56. The van der Waals surface area contributed by atoms with Gasteiger partial charge in [0.15, 0.2) is 5.78 Å². The molecule has 12 nitrogen and oxygen atoms in total. The number of sulfonamides is 1. The van der Waals surface area contributed by atoms with Crippen molar-refractivity contribution < 1.29 is 22.8 Å². The number of ketones is 1. The summed E-state index contributed by atoms with van der Waals surface area (Å²) in [6.45, 7) is 1.34. The second-order valence-electron chi connectivity index (χ2n) is 10.5. The Labute approximate surface area is 238 Å². The number of pyridine rings is 2. The third-order valence-corrected chi connectivity index (χ3v) is 9.61. The van der Waals surface area contributed by atoms with Gasteiger partial charge in [0.1, 0.15) is 28.7 Å². The number of amides is 2. The maximum absolute atomic E-state index is 13.8. The summed E-state index contributed by atoms with van der Waals surface area (Å²) in [5.74, 6) is -0.774. The quantitative estimate of drug-likeness (QED) is 0.330. The van der Waals surface area contributed by atoms with Gasteiger partial charge in [-0.3, -0.25) is 24.0 Å². The van der Waals surface area contributed by atoms with Gasteiger partial charge in [0, 0.05) is 42.1 Å². The minimum absolute atomic E-state index is 0.0825. The number of nitrogens with zero attached hydrogens (tertiary/aromatic N) is 5. The van der Waals surface area contributed by atoms with Crippen LogP contribution in [0.2, 0.25) is 0 Å². The number of carbonyl (C=O) groups excluding carboxylic acids is 3. The monoisotopic (exact) mass is 627 g/mol. The van der Waals surface area contributed by atoms with Gasteiger partial charge in [-0.25, -0.2) is 18.1 Å². The Hall–Kier alpha value is -3.49. The Kier molecular flexibility index (Phi) is 6.58. The zero-order valence-corrected chi connectivity index (χ0v) is 23.9. The number of carbonyl (C=O) groups is 3. The second-order valence-corrected chi connectivity index (χ2v) is 13.2. The summed E-state index contributed by atoms with van der Waals surface area (Å²) in [5, 5.41) is 7.86. The van der Waals surface area contributed by atoms with Gasteiger partial charge in [-0.05, 0) is 53.4 Å². The van der Waals surface area contributed by atoms with Crippen molar-refractivity contribution in [2.45, 2.75) is 44.8 Å². The predicted octanol–water partition coefficient (Wildman–Crippen LogP) is 2.13. The molecule has 0 radical (unpaired) electrons. The molecule has 1 saturated carbocycles. The van der Waals surface area contributed by atoms with Crippen molar-refractivity contribution >= 4 is 66.3 Å². The molecule has 2 fully saturated rings. The Balaban J connectivity index is 1.35. The van der Waals surface area contributed by atoms with Gasteiger partial charge in [0.05, 0.1) is 17.5 Å². The molecular weight excluding hydrogens is 602 g/mol. The van der Waals surface area contributed by atoms with Crippen molar-refractivity contribution in [3.8, 4) is 0 Å². The average Bonchev–Trinajstić information content (AvgIpc) is 3.33. The SMILES string of the molecule is CC(=O)c1nn(CC(=O)N2[C@H]3C[C@@]4(CNS(=O)(=O)CCC=Cc5ccc(Br)nc5NC3=O)C[C@@H]24)c2cnccc12. The fourth-order valence-electron chi connectivity index (χ4n) is 5.72. The van der Waals surface area contributed by atoms with Crippen LogP contribution in [0.4, 0.5) is 5.82 Å². The molecule has 1 aliphatic carbocycles. The number of rotatable bonds is 3. The number of nitrogens with one attached hydrogen (secondary N) is 2. The molecule has 5 heterocycles. The van der Waals surface area contributed by atoms with Crippen molar-refractivity contribution in [3.05, 3.63) is 52.5 Å².